The van der Waals surface area contributed by atoms with Gasteiger partial charge in [-0.15, -0.1) is 0 Å². The van der Waals surface area contributed by atoms with E-state index >= 15 is 0 Å². The Bertz CT molecular complexity index is 1360. The van der Waals surface area contributed by atoms with E-state index in [0.29, 0.717) is 23.9 Å². The molecule has 0 atom stereocenters. The van der Waals surface area contributed by atoms with Gasteiger partial charge in [0.05, 0.1) is 25.2 Å². The van der Waals surface area contributed by atoms with Gasteiger partial charge in [0.1, 0.15) is 42.0 Å². The summed E-state index contributed by atoms with van der Waals surface area (Å²) in [6.07, 6.45) is 0. The van der Waals surface area contributed by atoms with Gasteiger partial charge < -0.3 is 34.6 Å². The minimum Gasteiger partial charge on any atom is -0.508 e. The number of ether oxygens (including phenoxy) is 3. The van der Waals surface area contributed by atoms with Crippen molar-refractivity contribution in [3.05, 3.63) is 101 Å². The molecule has 0 unspecified atom stereocenters. The molecule has 0 radical (unpaired) electrons. The molecule has 1 aliphatic rings. The Balaban J connectivity index is 1.82. The summed E-state index contributed by atoms with van der Waals surface area (Å²) in [5.74, 6) is 1.99. The lowest BCUT2D eigenvalue weighted by molar-refractivity contribution is 0.201. The summed E-state index contributed by atoms with van der Waals surface area (Å²) in [6, 6.07) is 24.0. The molecule has 1 aliphatic carbocycles. The number of aliphatic hydroxyl groups is 2. The van der Waals surface area contributed by atoms with Gasteiger partial charge in [0.15, 0.2) is 0 Å². The maximum atomic E-state index is 10.6. The molecule has 0 saturated heterocycles. The average molecular weight is 515 g/mol. The Morgan fingerprint density at radius 1 is 0.632 bits per heavy atom. The molecule has 4 aromatic carbocycles. The number of phenolic OH excluding ortho intramolecular Hbond substituents is 2. The van der Waals surface area contributed by atoms with Gasteiger partial charge in [0.2, 0.25) is 0 Å². The molecule has 4 N–H and O–H groups in total. The lowest BCUT2D eigenvalue weighted by Crippen LogP contribution is -2.29. The van der Waals surface area contributed by atoms with Crippen LogP contribution in [0.3, 0.4) is 0 Å². The van der Waals surface area contributed by atoms with Crippen LogP contribution in [0.2, 0.25) is 0 Å². The van der Waals surface area contributed by atoms with Gasteiger partial charge in [-0.3, -0.25) is 0 Å². The molecule has 5 rings (SSSR count). The van der Waals surface area contributed by atoms with Crippen LogP contribution in [0.25, 0.3) is 11.1 Å². The van der Waals surface area contributed by atoms with E-state index in [0.717, 1.165) is 33.4 Å². The fourth-order valence-electron chi connectivity index (χ4n) is 5.38. The third-order valence-electron chi connectivity index (χ3n) is 6.75. The molecular formula is C31H30O7. The zero-order valence-corrected chi connectivity index (χ0v) is 21.1. The number of aliphatic hydroxyl groups excluding tert-OH is 2. The van der Waals surface area contributed by atoms with Gasteiger partial charge in [-0.05, 0) is 77.2 Å². The van der Waals surface area contributed by atoms with E-state index in [1.165, 1.54) is 0 Å². The molecule has 0 fully saturated rings. The van der Waals surface area contributed by atoms with Crippen molar-refractivity contribution >= 4 is 0 Å². The van der Waals surface area contributed by atoms with E-state index in [2.05, 4.69) is 0 Å². The number of fused-ring (bicyclic) bond motifs is 3. The monoisotopic (exact) mass is 514 g/mol. The van der Waals surface area contributed by atoms with E-state index in [-0.39, 0.29) is 37.9 Å². The first-order valence-electron chi connectivity index (χ1n) is 12.6. The van der Waals surface area contributed by atoms with Crippen molar-refractivity contribution in [2.24, 2.45) is 0 Å². The summed E-state index contributed by atoms with van der Waals surface area (Å²) in [5, 5.41) is 39.4. The second kappa shape index (κ2) is 10.7. The number of benzene rings is 4. The molecule has 0 aromatic heterocycles. The van der Waals surface area contributed by atoms with E-state index in [4.69, 9.17) is 24.4 Å². The molecule has 0 bridgehead atoms. The van der Waals surface area contributed by atoms with Crippen LogP contribution in [0.5, 0.6) is 28.7 Å². The largest absolute Gasteiger partial charge is 0.508 e. The molecule has 0 aliphatic heterocycles. The van der Waals surface area contributed by atoms with Crippen LogP contribution in [-0.2, 0) is 5.41 Å². The van der Waals surface area contributed by atoms with Crippen LogP contribution >= 0.6 is 0 Å². The molecule has 7 heteroatoms. The second-order valence-electron chi connectivity index (χ2n) is 8.97. The highest BCUT2D eigenvalue weighted by molar-refractivity contribution is 5.89. The zero-order valence-electron chi connectivity index (χ0n) is 21.1. The molecule has 38 heavy (non-hydrogen) atoms. The van der Waals surface area contributed by atoms with Gasteiger partial charge in [0.25, 0.3) is 0 Å². The highest BCUT2D eigenvalue weighted by Crippen LogP contribution is 2.60. The Labute approximate surface area is 221 Å². The number of hydrogen-bond acceptors (Lipinski definition) is 7. The normalized spacial score (nSPS) is 13.0. The number of rotatable bonds is 10. The van der Waals surface area contributed by atoms with Crippen molar-refractivity contribution in [3.63, 3.8) is 0 Å². The Morgan fingerprint density at radius 3 is 1.71 bits per heavy atom. The summed E-state index contributed by atoms with van der Waals surface area (Å²) in [4.78, 5) is 0. The van der Waals surface area contributed by atoms with Crippen molar-refractivity contribution in [2.75, 3.05) is 33.0 Å². The fourth-order valence-corrected chi connectivity index (χ4v) is 5.38. The summed E-state index contributed by atoms with van der Waals surface area (Å²) in [5.41, 5.74) is 4.32. The van der Waals surface area contributed by atoms with Gasteiger partial charge >= 0.3 is 0 Å². The van der Waals surface area contributed by atoms with Crippen molar-refractivity contribution in [2.45, 2.75) is 12.3 Å². The van der Waals surface area contributed by atoms with E-state index in [9.17, 15) is 10.2 Å². The van der Waals surface area contributed by atoms with Gasteiger partial charge in [-0.1, -0.05) is 30.3 Å². The first-order valence-corrected chi connectivity index (χ1v) is 12.6. The standard InChI is InChI=1S/C31H30O7/c1-2-36-29-19-23(35)18-27-26-17-22(34)7-12-28(26)31(30(27)29,20-3-8-24(9-4-20)37-15-13-32)21-5-10-25(11-6-21)38-16-14-33/h3-12,17-19,32-35H,2,13-16H2,1H3. The van der Waals surface area contributed by atoms with Crippen LogP contribution in [0, 0.1) is 0 Å². The van der Waals surface area contributed by atoms with Crippen molar-refractivity contribution in [1.82, 2.24) is 0 Å². The van der Waals surface area contributed by atoms with Crippen molar-refractivity contribution in [3.8, 4) is 39.9 Å². The SMILES string of the molecule is CCOc1cc(O)cc2c1C(c1ccc(OCCO)cc1)(c1ccc(OCCO)cc1)c1ccc(O)cc1-2. The highest BCUT2D eigenvalue weighted by atomic mass is 16.5. The Morgan fingerprint density at radius 2 is 1.18 bits per heavy atom. The summed E-state index contributed by atoms with van der Waals surface area (Å²) >= 11 is 0. The molecular weight excluding hydrogens is 484 g/mol. The van der Waals surface area contributed by atoms with Gasteiger partial charge in [-0.25, -0.2) is 0 Å². The predicted molar refractivity (Wildman–Crippen MR) is 143 cm³/mol. The second-order valence-corrected chi connectivity index (χ2v) is 8.97. The fraction of sp³-hybridized carbons (Fsp3) is 0.226. The van der Waals surface area contributed by atoms with Crippen LogP contribution in [0.1, 0.15) is 29.2 Å². The quantitative estimate of drug-likeness (QED) is 0.216. The third kappa shape index (κ3) is 4.30. The molecule has 0 saturated carbocycles. The van der Waals surface area contributed by atoms with E-state index in [1.807, 2.05) is 61.5 Å². The van der Waals surface area contributed by atoms with Crippen LogP contribution in [0.4, 0.5) is 0 Å². The first-order chi connectivity index (χ1) is 18.5. The average Bonchev–Trinajstić information content (AvgIpc) is 3.21. The number of aromatic hydroxyl groups is 2. The summed E-state index contributed by atoms with van der Waals surface area (Å²) < 4.78 is 17.4. The number of hydrogen-bond donors (Lipinski definition) is 4. The highest BCUT2D eigenvalue weighted by Gasteiger charge is 2.48. The maximum Gasteiger partial charge on any atom is 0.128 e. The summed E-state index contributed by atoms with van der Waals surface area (Å²) in [6.45, 7) is 2.52. The van der Waals surface area contributed by atoms with Gasteiger partial charge in [0, 0.05) is 11.6 Å². The van der Waals surface area contributed by atoms with E-state index < -0.39 is 5.41 Å². The molecule has 4 aromatic rings. The lowest BCUT2D eigenvalue weighted by Gasteiger charge is -2.35. The molecule has 0 heterocycles. The molecule has 0 spiro atoms. The molecule has 196 valence electrons. The van der Waals surface area contributed by atoms with Crippen molar-refractivity contribution in [1.29, 1.82) is 0 Å². The number of phenols is 2. The topological polar surface area (TPSA) is 109 Å². The van der Waals surface area contributed by atoms with Crippen LogP contribution in [-0.4, -0.2) is 53.5 Å². The Hall–Kier alpha value is -4.20. The minimum atomic E-state index is -0.860. The van der Waals surface area contributed by atoms with Crippen molar-refractivity contribution < 1.29 is 34.6 Å². The lowest BCUT2D eigenvalue weighted by atomic mass is 9.67. The minimum absolute atomic E-state index is 0.0674. The van der Waals surface area contributed by atoms with Gasteiger partial charge in [-0.2, -0.15) is 0 Å². The zero-order chi connectivity index (χ0) is 26.7. The molecule has 7 nitrogen and oxygen atoms in total. The smallest absolute Gasteiger partial charge is 0.128 e. The first kappa shape index (κ1) is 25.4. The Kier molecular flexibility index (Phi) is 7.13. The maximum absolute atomic E-state index is 10.6. The third-order valence-corrected chi connectivity index (χ3v) is 6.75. The van der Waals surface area contributed by atoms with Crippen LogP contribution < -0.4 is 14.2 Å². The molecule has 0 amide bonds. The predicted octanol–water partition coefficient (Wildman–Crippen LogP) is 4.60. The summed E-state index contributed by atoms with van der Waals surface area (Å²) in [7, 11) is 0. The van der Waals surface area contributed by atoms with E-state index in [1.54, 1.807) is 24.3 Å². The van der Waals surface area contributed by atoms with Crippen LogP contribution in [0.15, 0.2) is 78.9 Å².